The SMILES string of the molecule is CC1CC(c2cc(Br)c(O)c(C(C)C)c2)CC(C)(C)C1. The van der Waals surface area contributed by atoms with Gasteiger partial charge in [-0.05, 0) is 75.6 Å². The maximum Gasteiger partial charge on any atom is 0.133 e. The second-order valence-corrected chi connectivity index (χ2v) is 8.56. The Hall–Kier alpha value is -0.500. The molecule has 0 saturated heterocycles. The lowest BCUT2D eigenvalue weighted by Gasteiger charge is -2.39. The third kappa shape index (κ3) is 3.39. The number of rotatable bonds is 2. The van der Waals surface area contributed by atoms with E-state index in [1.54, 1.807) is 0 Å². The van der Waals surface area contributed by atoms with Gasteiger partial charge in [-0.3, -0.25) is 0 Å². The summed E-state index contributed by atoms with van der Waals surface area (Å²) in [5.41, 5.74) is 2.87. The van der Waals surface area contributed by atoms with Crippen LogP contribution >= 0.6 is 15.9 Å². The molecule has 2 unspecified atom stereocenters. The third-order valence-corrected chi connectivity index (χ3v) is 5.20. The first kappa shape index (κ1) is 15.9. The zero-order chi connectivity index (χ0) is 15.1. The van der Waals surface area contributed by atoms with Crippen LogP contribution in [-0.2, 0) is 0 Å². The van der Waals surface area contributed by atoms with Crippen molar-refractivity contribution in [2.75, 3.05) is 0 Å². The topological polar surface area (TPSA) is 20.2 Å². The van der Waals surface area contributed by atoms with E-state index in [0.29, 0.717) is 23.0 Å². The summed E-state index contributed by atoms with van der Waals surface area (Å²) in [6.45, 7) is 11.4. The second kappa shape index (κ2) is 5.71. The number of aromatic hydroxyl groups is 1. The normalized spacial score (nSPS) is 25.9. The molecular formula is C18H27BrO. The highest BCUT2D eigenvalue weighted by atomic mass is 79.9. The van der Waals surface area contributed by atoms with Crippen LogP contribution in [0.1, 0.15) is 76.8 Å². The molecule has 2 atom stereocenters. The van der Waals surface area contributed by atoms with Gasteiger partial charge in [0.15, 0.2) is 0 Å². The molecule has 0 radical (unpaired) electrons. The van der Waals surface area contributed by atoms with Crippen LogP contribution in [0.3, 0.4) is 0 Å². The van der Waals surface area contributed by atoms with Crippen LogP contribution in [0.4, 0.5) is 0 Å². The molecular weight excluding hydrogens is 312 g/mol. The summed E-state index contributed by atoms with van der Waals surface area (Å²) in [5.74, 6) is 2.15. The molecule has 2 rings (SSSR count). The Morgan fingerprint density at radius 3 is 2.45 bits per heavy atom. The molecule has 2 heteroatoms. The van der Waals surface area contributed by atoms with E-state index in [1.165, 1.54) is 24.8 Å². The number of hydrogen-bond donors (Lipinski definition) is 1. The van der Waals surface area contributed by atoms with E-state index in [1.807, 2.05) is 0 Å². The minimum atomic E-state index is 0.347. The van der Waals surface area contributed by atoms with Crippen molar-refractivity contribution in [3.63, 3.8) is 0 Å². The highest BCUT2D eigenvalue weighted by Gasteiger charge is 2.33. The van der Waals surface area contributed by atoms with E-state index in [9.17, 15) is 5.11 Å². The largest absolute Gasteiger partial charge is 0.506 e. The molecule has 20 heavy (non-hydrogen) atoms. The van der Waals surface area contributed by atoms with E-state index < -0.39 is 0 Å². The fraction of sp³-hybridized carbons (Fsp3) is 0.667. The Labute approximate surface area is 131 Å². The second-order valence-electron chi connectivity index (χ2n) is 7.71. The Morgan fingerprint density at radius 1 is 1.25 bits per heavy atom. The maximum atomic E-state index is 10.2. The van der Waals surface area contributed by atoms with Gasteiger partial charge in [0.1, 0.15) is 5.75 Å². The number of phenols is 1. The van der Waals surface area contributed by atoms with Crippen LogP contribution in [0.2, 0.25) is 0 Å². The summed E-state index contributed by atoms with van der Waals surface area (Å²) < 4.78 is 0.842. The summed E-state index contributed by atoms with van der Waals surface area (Å²) in [4.78, 5) is 0. The van der Waals surface area contributed by atoms with Crippen molar-refractivity contribution in [2.24, 2.45) is 11.3 Å². The standard InChI is InChI=1S/C18H27BrO/c1-11(2)15-7-13(8-16(19)17(15)20)14-6-12(3)9-18(4,5)10-14/h7-8,11-12,14,20H,6,9-10H2,1-5H3. The molecule has 0 amide bonds. The van der Waals surface area contributed by atoms with Crippen molar-refractivity contribution in [3.8, 4) is 5.75 Å². The molecule has 1 fully saturated rings. The zero-order valence-corrected chi connectivity index (χ0v) is 14.9. The van der Waals surface area contributed by atoms with Gasteiger partial charge in [-0.25, -0.2) is 0 Å². The highest BCUT2D eigenvalue weighted by Crippen LogP contribution is 2.47. The number of hydrogen-bond acceptors (Lipinski definition) is 1. The number of phenolic OH excluding ortho intramolecular Hbond substituents is 1. The molecule has 1 aromatic rings. The summed E-state index contributed by atoms with van der Waals surface area (Å²) in [6, 6.07) is 4.35. The molecule has 1 aliphatic carbocycles. The van der Waals surface area contributed by atoms with Crippen molar-refractivity contribution in [3.05, 3.63) is 27.7 Å². The van der Waals surface area contributed by atoms with Crippen molar-refractivity contribution >= 4 is 15.9 Å². The van der Waals surface area contributed by atoms with Gasteiger partial charge in [-0.2, -0.15) is 0 Å². The van der Waals surface area contributed by atoms with Gasteiger partial charge in [-0.1, -0.05) is 40.7 Å². The molecule has 1 saturated carbocycles. The number of halogens is 1. The molecule has 0 spiro atoms. The lowest BCUT2D eigenvalue weighted by Crippen LogP contribution is -2.26. The first-order chi connectivity index (χ1) is 9.19. The molecule has 1 aromatic carbocycles. The van der Waals surface area contributed by atoms with Crippen molar-refractivity contribution < 1.29 is 5.11 Å². The molecule has 112 valence electrons. The molecule has 1 nitrogen and oxygen atoms in total. The van der Waals surface area contributed by atoms with Gasteiger partial charge < -0.3 is 5.11 Å². The number of benzene rings is 1. The van der Waals surface area contributed by atoms with Gasteiger partial charge >= 0.3 is 0 Å². The first-order valence-corrected chi connectivity index (χ1v) is 8.51. The van der Waals surface area contributed by atoms with Gasteiger partial charge in [0, 0.05) is 0 Å². The van der Waals surface area contributed by atoms with Gasteiger partial charge in [0.25, 0.3) is 0 Å². The lowest BCUT2D eigenvalue weighted by atomic mass is 9.66. The fourth-order valence-corrected chi connectivity index (χ4v) is 4.41. The average Bonchev–Trinajstić information content (AvgIpc) is 2.29. The lowest BCUT2D eigenvalue weighted by molar-refractivity contribution is 0.168. The monoisotopic (exact) mass is 338 g/mol. The van der Waals surface area contributed by atoms with E-state index in [4.69, 9.17) is 0 Å². The Kier molecular flexibility index (Phi) is 4.53. The van der Waals surface area contributed by atoms with Crippen LogP contribution in [0, 0.1) is 11.3 Å². The quantitative estimate of drug-likeness (QED) is 0.679. The molecule has 0 heterocycles. The highest BCUT2D eigenvalue weighted by molar-refractivity contribution is 9.10. The summed E-state index contributed by atoms with van der Waals surface area (Å²) in [7, 11) is 0. The predicted molar refractivity (Wildman–Crippen MR) is 89.4 cm³/mol. The van der Waals surface area contributed by atoms with Gasteiger partial charge in [0.2, 0.25) is 0 Å². The predicted octanol–water partition coefficient (Wildman–Crippen LogP) is 6.21. The maximum absolute atomic E-state index is 10.2. The first-order valence-electron chi connectivity index (χ1n) is 7.72. The van der Waals surface area contributed by atoms with Crippen LogP contribution in [0.15, 0.2) is 16.6 Å². The van der Waals surface area contributed by atoms with Crippen molar-refractivity contribution in [1.29, 1.82) is 0 Å². The van der Waals surface area contributed by atoms with Gasteiger partial charge in [-0.15, -0.1) is 0 Å². The van der Waals surface area contributed by atoms with E-state index in [2.05, 4.69) is 62.7 Å². The Morgan fingerprint density at radius 2 is 1.90 bits per heavy atom. The molecule has 0 bridgehead atoms. The average molecular weight is 339 g/mol. The van der Waals surface area contributed by atoms with Crippen LogP contribution in [0.25, 0.3) is 0 Å². The Bertz CT molecular complexity index is 490. The summed E-state index contributed by atoms with van der Waals surface area (Å²) in [5, 5.41) is 10.2. The van der Waals surface area contributed by atoms with Crippen molar-refractivity contribution in [1.82, 2.24) is 0 Å². The van der Waals surface area contributed by atoms with E-state index >= 15 is 0 Å². The van der Waals surface area contributed by atoms with E-state index in [-0.39, 0.29) is 0 Å². The molecule has 0 aliphatic heterocycles. The fourth-order valence-electron chi connectivity index (χ4n) is 3.92. The Balaban J connectivity index is 2.37. The molecule has 0 aromatic heterocycles. The van der Waals surface area contributed by atoms with Crippen LogP contribution in [-0.4, -0.2) is 5.11 Å². The molecule has 1 aliphatic rings. The summed E-state index contributed by atoms with van der Waals surface area (Å²) in [6.07, 6.45) is 3.82. The molecule has 1 N–H and O–H groups in total. The van der Waals surface area contributed by atoms with Crippen LogP contribution < -0.4 is 0 Å². The van der Waals surface area contributed by atoms with Crippen molar-refractivity contribution in [2.45, 2.75) is 65.7 Å². The van der Waals surface area contributed by atoms with Gasteiger partial charge in [0.05, 0.1) is 4.47 Å². The minimum absolute atomic E-state index is 0.347. The summed E-state index contributed by atoms with van der Waals surface area (Å²) >= 11 is 3.53. The zero-order valence-electron chi connectivity index (χ0n) is 13.3. The third-order valence-electron chi connectivity index (χ3n) is 4.60. The van der Waals surface area contributed by atoms with Crippen LogP contribution in [0.5, 0.6) is 5.75 Å². The smallest absolute Gasteiger partial charge is 0.133 e. The minimum Gasteiger partial charge on any atom is -0.506 e. The van der Waals surface area contributed by atoms with E-state index in [0.717, 1.165) is 16.0 Å².